The molecule has 0 bridgehead atoms. The van der Waals surface area contributed by atoms with E-state index in [0.29, 0.717) is 18.6 Å². The maximum Gasteiger partial charge on any atom is 0.304 e. The number of fused-ring (bicyclic) bond motifs is 1. The number of ether oxygens (including phenoxy) is 1. The predicted molar refractivity (Wildman–Crippen MR) is 76.9 cm³/mol. The zero-order chi connectivity index (χ0) is 15.6. The van der Waals surface area contributed by atoms with Gasteiger partial charge in [-0.25, -0.2) is 13.1 Å². The Bertz CT molecular complexity index is 641. The van der Waals surface area contributed by atoms with Gasteiger partial charge < -0.3 is 9.84 Å². The van der Waals surface area contributed by atoms with Crippen LogP contribution < -0.4 is 9.46 Å². The van der Waals surface area contributed by atoms with Crippen molar-refractivity contribution in [3.05, 3.63) is 23.8 Å². The van der Waals surface area contributed by atoms with Gasteiger partial charge in [-0.2, -0.15) is 0 Å². The van der Waals surface area contributed by atoms with Gasteiger partial charge in [-0.3, -0.25) is 4.79 Å². The lowest BCUT2D eigenvalue weighted by Crippen LogP contribution is -2.36. The SMILES string of the molecule is CC[C@@H](CC(=O)O)NS(=O)(=O)c1cccc2c1OC(C)C2. The summed E-state index contributed by atoms with van der Waals surface area (Å²) in [5, 5.41) is 8.81. The van der Waals surface area contributed by atoms with Gasteiger partial charge in [0.05, 0.1) is 6.42 Å². The molecule has 0 saturated carbocycles. The first-order valence-electron chi connectivity index (χ1n) is 6.86. The molecule has 1 aliphatic heterocycles. The van der Waals surface area contributed by atoms with Crippen LogP contribution >= 0.6 is 0 Å². The molecule has 7 heteroatoms. The minimum Gasteiger partial charge on any atom is -0.489 e. The number of rotatable bonds is 6. The summed E-state index contributed by atoms with van der Waals surface area (Å²) in [7, 11) is -3.80. The van der Waals surface area contributed by atoms with Gasteiger partial charge in [-0.15, -0.1) is 0 Å². The number of sulfonamides is 1. The van der Waals surface area contributed by atoms with Crippen LogP contribution in [-0.2, 0) is 21.2 Å². The van der Waals surface area contributed by atoms with Gasteiger partial charge in [-0.05, 0) is 25.0 Å². The number of para-hydroxylation sites is 1. The lowest BCUT2D eigenvalue weighted by atomic mass is 10.1. The molecule has 0 fully saturated rings. The molecule has 1 unspecified atom stereocenters. The summed E-state index contributed by atoms with van der Waals surface area (Å²) >= 11 is 0. The number of carbonyl (C=O) groups is 1. The van der Waals surface area contributed by atoms with E-state index in [1.54, 1.807) is 13.0 Å². The molecular weight excluding hydrogens is 294 g/mol. The number of nitrogens with one attached hydrogen (secondary N) is 1. The fourth-order valence-electron chi connectivity index (χ4n) is 2.38. The van der Waals surface area contributed by atoms with Gasteiger partial charge in [-0.1, -0.05) is 19.1 Å². The summed E-state index contributed by atoms with van der Waals surface area (Å²) in [5.74, 6) is -0.657. The minimum absolute atomic E-state index is 0.0580. The van der Waals surface area contributed by atoms with E-state index in [9.17, 15) is 13.2 Å². The normalized spacial score (nSPS) is 18.9. The van der Waals surface area contributed by atoms with E-state index in [1.807, 2.05) is 13.0 Å². The molecule has 2 N–H and O–H groups in total. The fraction of sp³-hybridized carbons (Fsp3) is 0.500. The van der Waals surface area contributed by atoms with Crippen molar-refractivity contribution in [2.24, 2.45) is 0 Å². The second kappa shape index (κ2) is 6.03. The van der Waals surface area contributed by atoms with Crippen LogP contribution in [0.15, 0.2) is 23.1 Å². The molecule has 0 amide bonds. The first-order valence-corrected chi connectivity index (χ1v) is 8.34. The smallest absolute Gasteiger partial charge is 0.304 e. The number of carboxylic acids is 1. The molecule has 21 heavy (non-hydrogen) atoms. The van der Waals surface area contributed by atoms with Crippen molar-refractivity contribution in [1.82, 2.24) is 4.72 Å². The Morgan fingerprint density at radius 2 is 2.24 bits per heavy atom. The van der Waals surface area contributed by atoms with Gasteiger partial charge in [0.15, 0.2) is 0 Å². The van der Waals surface area contributed by atoms with Crippen molar-refractivity contribution < 1.29 is 23.1 Å². The molecule has 116 valence electrons. The third-order valence-electron chi connectivity index (χ3n) is 3.41. The number of benzene rings is 1. The van der Waals surface area contributed by atoms with Gasteiger partial charge >= 0.3 is 5.97 Å². The minimum atomic E-state index is -3.80. The van der Waals surface area contributed by atoms with Crippen LogP contribution in [0.5, 0.6) is 5.75 Å². The molecule has 0 radical (unpaired) electrons. The first-order chi connectivity index (χ1) is 9.83. The third-order valence-corrected chi connectivity index (χ3v) is 4.96. The molecule has 0 spiro atoms. The molecule has 0 saturated heterocycles. The zero-order valence-corrected chi connectivity index (χ0v) is 12.8. The average molecular weight is 313 g/mol. The highest BCUT2D eigenvalue weighted by molar-refractivity contribution is 7.89. The van der Waals surface area contributed by atoms with Gasteiger partial charge in [0.2, 0.25) is 10.0 Å². The Balaban J connectivity index is 2.29. The van der Waals surface area contributed by atoms with Crippen molar-refractivity contribution in [2.45, 2.75) is 50.2 Å². The van der Waals surface area contributed by atoms with E-state index in [1.165, 1.54) is 6.07 Å². The van der Waals surface area contributed by atoms with Crippen LogP contribution in [0.3, 0.4) is 0 Å². The standard InChI is InChI=1S/C14H19NO5S/c1-3-11(8-13(16)17)15-21(18,19)12-6-4-5-10-7-9(2)20-14(10)12/h4-6,9,11,15H,3,7-8H2,1-2H3,(H,16,17)/t9?,11-/m0/s1. The predicted octanol–water partition coefficient (Wildman–Crippen LogP) is 1.54. The molecule has 1 aromatic carbocycles. The second-order valence-electron chi connectivity index (χ2n) is 5.20. The number of aliphatic carboxylic acids is 1. The second-order valence-corrected chi connectivity index (χ2v) is 6.88. The van der Waals surface area contributed by atoms with Crippen molar-refractivity contribution in [1.29, 1.82) is 0 Å². The highest BCUT2D eigenvalue weighted by Gasteiger charge is 2.29. The van der Waals surface area contributed by atoms with E-state index < -0.39 is 22.0 Å². The molecule has 1 aliphatic rings. The Morgan fingerprint density at radius 3 is 2.86 bits per heavy atom. The van der Waals surface area contributed by atoms with E-state index in [0.717, 1.165) is 5.56 Å². The maximum atomic E-state index is 12.5. The van der Waals surface area contributed by atoms with E-state index in [2.05, 4.69) is 4.72 Å². The quantitative estimate of drug-likeness (QED) is 0.831. The van der Waals surface area contributed by atoms with Gasteiger partial charge in [0.1, 0.15) is 16.7 Å². The summed E-state index contributed by atoms with van der Waals surface area (Å²) in [6.07, 6.45) is 0.766. The van der Waals surface area contributed by atoms with E-state index in [4.69, 9.17) is 9.84 Å². The largest absolute Gasteiger partial charge is 0.489 e. The molecule has 6 nitrogen and oxygen atoms in total. The maximum absolute atomic E-state index is 12.5. The summed E-state index contributed by atoms with van der Waals surface area (Å²) in [5.41, 5.74) is 0.858. The molecule has 1 heterocycles. The molecule has 2 atom stereocenters. The van der Waals surface area contributed by atoms with Crippen LogP contribution in [0, 0.1) is 0 Å². The summed E-state index contributed by atoms with van der Waals surface area (Å²) in [6.45, 7) is 3.62. The number of hydrogen-bond acceptors (Lipinski definition) is 4. The fourth-order valence-corrected chi connectivity index (χ4v) is 3.88. The molecular formula is C14H19NO5S. The van der Waals surface area contributed by atoms with Crippen molar-refractivity contribution >= 4 is 16.0 Å². The lowest BCUT2D eigenvalue weighted by Gasteiger charge is -2.16. The average Bonchev–Trinajstić information content (AvgIpc) is 2.76. The van der Waals surface area contributed by atoms with E-state index >= 15 is 0 Å². The number of hydrogen-bond donors (Lipinski definition) is 2. The highest BCUT2D eigenvalue weighted by Crippen LogP contribution is 2.35. The highest BCUT2D eigenvalue weighted by atomic mass is 32.2. The summed E-state index contributed by atoms with van der Waals surface area (Å²) in [6, 6.07) is 4.36. The van der Waals surface area contributed by atoms with Crippen LogP contribution in [0.1, 0.15) is 32.3 Å². The topological polar surface area (TPSA) is 92.7 Å². The van der Waals surface area contributed by atoms with Crippen LogP contribution in [0.4, 0.5) is 0 Å². The van der Waals surface area contributed by atoms with Crippen molar-refractivity contribution in [3.63, 3.8) is 0 Å². The van der Waals surface area contributed by atoms with Crippen LogP contribution in [-0.4, -0.2) is 31.6 Å². The summed E-state index contributed by atoms with van der Waals surface area (Å²) < 4.78 is 33.0. The van der Waals surface area contributed by atoms with Crippen molar-refractivity contribution in [3.8, 4) is 5.75 Å². The van der Waals surface area contributed by atoms with Gasteiger partial charge in [0.25, 0.3) is 0 Å². The molecule has 0 aromatic heterocycles. The Morgan fingerprint density at radius 1 is 1.52 bits per heavy atom. The monoisotopic (exact) mass is 313 g/mol. The summed E-state index contributed by atoms with van der Waals surface area (Å²) in [4.78, 5) is 10.8. The zero-order valence-electron chi connectivity index (χ0n) is 12.0. The number of carboxylic acid groups (broad SMARTS) is 1. The first kappa shape index (κ1) is 15.8. The molecule has 1 aromatic rings. The van der Waals surface area contributed by atoms with Crippen molar-refractivity contribution in [2.75, 3.05) is 0 Å². The Labute approximate surface area is 124 Å². The molecule has 0 aliphatic carbocycles. The van der Waals surface area contributed by atoms with Gasteiger partial charge in [0, 0.05) is 12.5 Å². The van der Waals surface area contributed by atoms with Crippen LogP contribution in [0.25, 0.3) is 0 Å². The Hall–Kier alpha value is -1.60. The third kappa shape index (κ3) is 3.54. The lowest BCUT2D eigenvalue weighted by molar-refractivity contribution is -0.137. The molecule has 2 rings (SSSR count). The van der Waals surface area contributed by atoms with Crippen LogP contribution in [0.2, 0.25) is 0 Å². The van der Waals surface area contributed by atoms with E-state index in [-0.39, 0.29) is 17.4 Å². The Kier molecular flexibility index (Phi) is 4.53.